The molecule has 0 aliphatic carbocycles. The Labute approximate surface area is 170 Å². The first-order valence-electron chi connectivity index (χ1n) is 9.37. The quantitative estimate of drug-likeness (QED) is 0.451. The largest absolute Gasteiger partial charge is 0.493 e. The molecule has 8 heteroatoms. The summed E-state index contributed by atoms with van der Waals surface area (Å²) in [5.74, 6) is 2.15. The topological polar surface area (TPSA) is 85.6 Å². The van der Waals surface area contributed by atoms with Crippen LogP contribution in [0.15, 0.2) is 66.2 Å². The number of ether oxygens (including phenoxy) is 2. The van der Waals surface area contributed by atoms with Crippen molar-refractivity contribution in [2.45, 2.75) is 19.6 Å². The molecule has 1 heterocycles. The minimum Gasteiger partial charge on any atom is -0.493 e. The molecule has 0 saturated heterocycles. The average Bonchev–Trinajstić information content (AvgIpc) is 3.29. The fourth-order valence-electron chi connectivity index (χ4n) is 2.73. The number of hydrogen-bond acceptors (Lipinski definition) is 5. The molecule has 0 aliphatic rings. The van der Waals surface area contributed by atoms with Crippen LogP contribution in [0.4, 0.5) is 0 Å². The van der Waals surface area contributed by atoms with E-state index >= 15 is 0 Å². The Kier molecular flexibility index (Phi) is 7.05. The first kappa shape index (κ1) is 20.2. The van der Waals surface area contributed by atoms with Crippen LogP contribution in [0.25, 0.3) is 5.69 Å². The number of hydrogen-bond donors (Lipinski definition) is 2. The standard InChI is InChI=1S/C21H26N6O2/c1-16(29-20-7-5-4-6-19(20)28-3)12-24-21(22-2)25-13-17-8-10-18(11-9-17)27-15-23-14-26-27/h4-11,14-16H,12-13H2,1-3H3,(H2,22,24,25). The number of para-hydroxylation sites is 2. The van der Waals surface area contributed by atoms with Gasteiger partial charge in [-0.1, -0.05) is 24.3 Å². The van der Waals surface area contributed by atoms with E-state index in [0.29, 0.717) is 19.0 Å². The highest BCUT2D eigenvalue weighted by molar-refractivity contribution is 5.79. The lowest BCUT2D eigenvalue weighted by Gasteiger charge is -2.19. The van der Waals surface area contributed by atoms with Crippen molar-refractivity contribution in [1.29, 1.82) is 0 Å². The maximum atomic E-state index is 5.96. The van der Waals surface area contributed by atoms with E-state index in [0.717, 1.165) is 22.7 Å². The lowest BCUT2D eigenvalue weighted by molar-refractivity contribution is 0.213. The summed E-state index contributed by atoms with van der Waals surface area (Å²) >= 11 is 0. The van der Waals surface area contributed by atoms with Crippen molar-refractivity contribution in [3.63, 3.8) is 0 Å². The van der Waals surface area contributed by atoms with Crippen LogP contribution in [0.2, 0.25) is 0 Å². The van der Waals surface area contributed by atoms with Gasteiger partial charge in [0.05, 0.1) is 19.3 Å². The minimum atomic E-state index is -0.0631. The molecule has 2 aromatic carbocycles. The van der Waals surface area contributed by atoms with Crippen LogP contribution in [-0.2, 0) is 6.54 Å². The van der Waals surface area contributed by atoms with Gasteiger partial charge >= 0.3 is 0 Å². The second-order valence-corrected chi connectivity index (χ2v) is 6.39. The van der Waals surface area contributed by atoms with E-state index in [1.165, 1.54) is 6.33 Å². The Balaban J connectivity index is 1.47. The smallest absolute Gasteiger partial charge is 0.191 e. The highest BCUT2D eigenvalue weighted by Gasteiger charge is 2.09. The van der Waals surface area contributed by atoms with E-state index in [1.807, 2.05) is 55.5 Å². The lowest BCUT2D eigenvalue weighted by atomic mass is 10.2. The molecule has 0 amide bonds. The number of guanidine groups is 1. The normalized spacial score (nSPS) is 12.3. The summed E-state index contributed by atoms with van der Waals surface area (Å²) < 4.78 is 13.0. The number of methoxy groups -OCH3 is 1. The van der Waals surface area contributed by atoms with Gasteiger partial charge in [-0.25, -0.2) is 9.67 Å². The molecule has 2 N–H and O–H groups in total. The molecule has 8 nitrogen and oxygen atoms in total. The van der Waals surface area contributed by atoms with Gasteiger partial charge in [0.15, 0.2) is 17.5 Å². The van der Waals surface area contributed by atoms with E-state index < -0.39 is 0 Å². The van der Waals surface area contributed by atoms with Crippen LogP contribution < -0.4 is 20.1 Å². The van der Waals surface area contributed by atoms with Crippen LogP contribution in [0.5, 0.6) is 11.5 Å². The van der Waals surface area contributed by atoms with Gasteiger partial charge in [0.1, 0.15) is 18.8 Å². The number of rotatable bonds is 8. The Morgan fingerprint density at radius 1 is 1.10 bits per heavy atom. The second-order valence-electron chi connectivity index (χ2n) is 6.39. The third-order valence-electron chi connectivity index (χ3n) is 4.26. The van der Waals surface area contributed by atoms with Crippen LogP contribution in [0, 0.1) is 0 Å². The summed E-state index contributed by atoms with van der Waals surface area (Å²) in [5.41, 5.74) is 2.10. The predicted octanol–water partition coefficient (Wildman–Crippen LogP) is 2.41. The maximum Gasteiger partial charge on any atom is 0.191 e. The zero-order chi connectivity index (χ0) is 20.5. The molecule has 1 unspecified atom stereocenters. The van der Waals surface area contributed by atoms with E-state index in [2.05, 4.69) is 25.7 Å². The highest BCUT2D eigenvalue weighted by Crippen LogP contribution is 2.26. The molecular formula is C21H26N6O2. The Morgan fingerprint density at radius 2 is 1.86 bits per heavy atom. The third kappa shape index (κ3) is 5.71. The molecule has 0 spiro atoms. The minimum absolute atomic E-state index is 0.0631. The Bertz CT molecular complexity index is 909. The van der Waals surface area contributed by atoms with Crippen LogP contribution in [0.3, 0.4) is 0 Å². The number of nitrogens with one attached hydrogen (secondary N) is 2. The van der Waals surface area contributed by atoms with Gasteiger partial charge in [-0.15, -0.1) is 0 Å². The van der Waals surface area contributed by atoms with Gasteiger partial charge in [0.25, 0.3) is 0 Å². The summed E-state index contributed by atoms with van der Waals surface area (Å²) in [7, 11) is 3.38. The molecule has 0 bridgehead atoms. The molecule has 152 valence electrons. The molecule has 29 heavy (non-hydrogen) atoms. The van der Waals surface area contributed by atoms with Crippen LogP contribution in [-0.4, -0.2) is 47.5 Å². The van der Waals surface area contributed by atoms with E-state index in [9.17, 15) is 0 Å². The SMILES string of the molecule is CN=C(NCc1ccc(-n2cncn2)cc1)NCC(C)Oc1ccccc1OC. The fourth-order valence-corrected chi connectivity index (χ4v) is 2.73. The summed E-state index contributed by atoms with van der Waals surface area (Å²) in [5, 5.41) is 10.7. The molecular weight excluding hydrogens is 368 g/mol. The third-order valence-corrected chi connectivity index (χ3v) is 4.26. The Morgan fingerprint density at radius 3 is 2.52 bits per heavy atom. The van der Waals surface area contributed by atoms with E-state index in [-0.39, 0.29) is 6.10 Å². The lowest BCUT2D eigenvalue weighted by Crippen LogP contribution is -2.41. The van der Waals surface area contributed by atoms with Crippen LogP contribution in [0.1, 0.15) is 12.5 Å². The summed E-state index contributed by atoms with van der Waals surface area (Å²) in [4.78, 5) is 8.23. The molecule has 0 radical (unpaired) electrons. The highest BCUT2D eigenvalue weighted by atomic mass is 16.5. The zero-order valence-corrected chi connectivity index (χ0v) is 16.9. The molecule has 3 aromatic rings. The van der Waals surface area contributed by atoms with Crippen molar-refractivity contribution in [3.8, 4) is 17.2 Å². The van der Waals surface area contributed by atoms with Crippen molar-refractivity contribution < 1.29 is 9.47 Å². The maximum absolute atomic E-state index is 5.96. The summed E-state index contributed by atoms with van der Waals surface area (Å²) in [6, 6.07) is 15.7. The zero-order valence-electron chi connectivity index (χ0n) is 16.9. The van der Waals surface area contributed by atoms with Gasteiger partial charge in [0.2, 0.25) is 0 Å². The van der Waals surface area contributed by atoms with E-state index in [1.54, 1.807) is 25.2 Å². The number of aliphatic imine (C=N–C) groups is 1. The number of aromatic nitrogens is 3. The first-order chi connectivity index (χ1) is 14.2. The van der Waals surface area contributed by atoms with Crippen LogP contribution >= 0.6 is 0 Å². The summed E-state index contributed by atoms with van der Waals surface area (Å²) in [6.07, 6.45) is 3.13. The average molecular weight is 394 g/mol. The fraction of sp³-hybridized carbons (Fsp3) is 0.286. The Hall–Kier alpha value is -3.55. The van der Waals surface area contributed by atoms with Gasteiger partial charge in [-0.2, -0.15) is 5.10 Å². The van der Waals surface area contributed by atoms with E-state index in [4.69, 9.17) is 9.47 Å². The monoisotopic (exact) mass is 394 g/mol. The summed E-state index contributed by atoms with van der Waals surface area (Å²) in [6.45, 7) is 3.25. The molecule has 1 aromatic heterocycles. The molecule has 3 rings (SSSR count). The van der Waals surface area contributed by atoms with Gasteiger partial charge in [-0.3, -0.25) is 4.99 Å². The molecule has 1 atom stereocenters. The molecule has 0 saturated carbocycles. The van der Waals surface area contributed by atoms with Gasteiger partial charge < -0.3 is 20.1 Å². The van der Waals surface area contributed by atoms with Crippen molar-refractivity contribution in [1.82, 2.24) is 25.4 Å². The van der Waals surface area contributed by atoms with Crippen molar-refractivity contribution in [2.75, 3.05) is 20.7 Å². The van der Waals surface area contributed by atoms with Gasteiger partial charge in [0, 0.05) is 13.6 Å². The number of nitrogens with zero attached hydrogens (tertiary/aromatic N) is 4. The molecule has 0 fully saturated rings. The predicted molar refractivity (Wildman–Crippen MR) is 113 cm³/mol. The van der Waals surface area contributed by atoms with Crippen molar-refractivity contribution >= 4 is 5.96 Å². The number of benzene rings is 2. The first-order valence-corrected chi connectivity index (χ1v) is 9.37. The van der Waals surface area contributed by atoms with Crippen molar-refractivity contribution in [3.05, 3.63) is 66.7 Å². The second kappa shape index (κ2) is 10.1. The van der Waals surface area contributed by atoms with Crippen molar-refractivity contribution in [2.24, 2.45) is 4.99 Å². The molecule has 0 aliphatic heterocycles. The van der Waals surface area contributed by atoms with Gasteiger partial charge in [-0.05, 0) is 36.8 Å².